The number of rotatable bonds is 6. The van der Waals surface area contributed by atoms with Gasteiger partial charge in [0.1, 0.15) is 5.75 Å². The summed E-state index contributed by atoms with van der Waals surface area (Å²) in [5.41, 5.74) is 6.05. The van der Waals surface area contributed by atoms with Crippen LogP contribution in [0.3, 0.4) is 0 Å². The lowest BCUT2D eigenvalue weighted by Gasteiger charge is -2.36. The fraction of sp³-hybridized carbons (Fsp3) is 0.269. The summed E-state index contributed by atoms with van der Waals surface area (Å²) in [6, 6.07) is 17.3. The molecule has 30 heavy (non-hydrogen) atoms. The minimum Gasteiger partial charge on any atom is -0.497 e. The van der Waals surface area contributed by atoms with Crippen LogP contribution in [0.1, 0.15) is 34.9 Å². The Balaban J connectivity index is 1.69. The van der Waals surface area contributed by atoms with E-state index in [1.54, 1.807) is 7.11 Å². The zero-order valence-electron chi connectivity index (χ0n) is 17.4. The lowest BCUT2D eigenvalue weighted by atomic mass is 9.68. The zero-order chi connectivity index (χ0) is 20.9. The monoisotopic (exact) mass is 400 g/mol. The van der Waals surface area contributed by atoms with Gasteiger partial charge in [0.05, 0.1) is 19.4 Å². The highest BCUT2D eigenvalue weighted by Gasteiger charge is 2.33. The summed E-state index contributed by atoms with van der Waals surface area (Å²) in [5, 5.41) is 9.35. The molecule has 1 N–H and O–H groups in total. The third-order valence-corrected chi connectivity index (χ3v) is 6.08. The molecule has 1 heterocycles. The van der Waals surface area contributed by atoms with Crippen molar-refractivity contribution in [3.63, 3.8) is 0 Å². The molecule has 0 fully saturated rings. The highest BCUT2D eigenvalue weighted by Crippen LogP contribution is 2.47. The topological polar surface area (TPSA) is 45.1 Å². The third-order valence-electron chi connectivity index (χ3n) is 6.08. The van der Waals surface area contributed by atoms with Gasteiger partial charge >= 0.3 is 0 Å². The lowest BCUT2D eigenvalue weighted by molar-refractivity contribution is 0.326. The van der Waals surface area contributed by atoms with E-state index in [0.717, 1.165) is 25.1 Å². The van der Waals surface area contributed by atoms with Gasteiger partial charge in [-0.05, 0) is 65.9 Å². The number of hydrogen-bond acceptors (Lipinski definition) is 4. The molecule has 2 aromatic carbocycles. The Kier molecular flexibility index (Phi) is 6.15. The van der Waals surface area contributed by atoms with Crippen molar-refractivity contribution < 1.29 is 9.84 Å². The van der Waals surface area contributed by atoms with Crippen LogP contribution in [0.25, 0.3) is 0 Å². The van der Waals surface area contributed by atoms with Crippen LogP contribution in [0.2, 0.25) is 0 Å². The number of benzene rings is 2. The average molecular weight is 401 g/mol. The average Bonchev–Trinajstić information content (AvgIpc) is 2.82. The maximum Gasteiger partial charge on any atom is 0.119 e. The smallest absolute Gasteiger partial charge is 0.119 e. The van der Waals surface area contributed by atoms with E-state index in [1.165, 1.54) is 22.3 Å². The quantitative estimate of drug-likeness (QED) is 0.709. The van der Waals surface area contributed by atoms with Gasteiger partial charge < -0.3 is 14.7 Å². The van der Waals surface area contributed by atoms with E-state index in [4.69, 9.17) is 4.74 Å². The Morgan fingerprint density at radius 3 is 2.77 bits per heavy atom. The van der Waals surface area contributed by atoms with Crippen molar-refractivity contribution in [1.29, 1.82) is 0 Å². The van der Waals surface area contributed by atoms with Crippen molar-refractivity contribution in [2.24, 2.45) is 4.99 Å². The fourth-order valence-electron chi connectivity index (χ4n) is 4.57. The van der Waals surface area contributed by atoms with Gasteiger partial charge in [0.2, 0.25) is 0 Å². The maximum absolute atomic E-state index is 9.35. The number of allylic oxidation sites excluding steroid dienone is 2. The van der Waals surface area contributed by atoms with Gasteiger partial charge in [-0.2, -0.15) is 0 Å². The number of fused-ring (bicyclic) bond motifs is 1. The third kappa shape index (κ3) is 4.10. The van der Waals surface area contributed by atoms with Gasteiger partial charge in [-0.15, -0.1) is 0 Å². The molecule has 0 spiro atoms. The summed E-state index contributed by atoms with van der Waals surface area (Å²) < 4.78 is 5.47. The molecule has 0 bridgehead atoms. The van der Waals surface area contributed by atoms with E-state index in [-0.39, 0.29) is 6.61 Å². The van der Waals surface area contributed by atoms with Crippen LogP contribution in [0.4, 0.5) is 0 Å². The first kappa shape index (κ1) is 20.2. The zero-order valence-corrected chi connectivity index (χ0v) is 17.4. The SMILES string of the molecule is C=N/C(=C\N1C=CC(C2c3ccc(OC)cc3CCC2c2ccccc2)=CC1)CO. The highest BCUT2D eigenvalue weighted by atomic mass is 16.5. The minimum absolute atomic E-state index is 0.113. The van der Waals surface area contributed by atoms with E-state index in [1.807, 2.05) is 11.1 Å². The van der Waals surface area contributed by atoms with Crippen LogP contribution in [0, 0.1) is 0 Å². The van der Waals surface area contributed by atoms with Crippen molar-refractivity contribution in [3.05, 3.63) is 101 Å². The molecule has 2 aliphatic rings. The van der Waals surface area contributed by atoms with Crippen LogP contribution in [-0.4, -0.2) is 37.0 Å². The van der Waals surface area contributed by atoms with Crippen LogP contribution < -0.4 is 4.74 Å². The van der Waals surface area contributed by atoms with Crippen molar-refractivity contribution in [2.75, 3.05) is 20.3 Å². The first-order valence-corrected chi connectivity index (χ1v) is 10.4. The van der Waals surface area contributed by atoms with Crippen molar-refractivity contribution in [1.82, 2.24) is 4.90 Å². The number of nitrogens with zero attached hydrogens (tertiary/aromatic N) is 2. The van der Waals surface area contributed by atoms with Crippen LogP contribution in [-0.2, 0) is 6.42 Å². The largest absolute Gasteiger partial charge is 0.497 e. The second kappa shape index (κ2) is 9.14. The number of hydrogen-bond donors (Lipinski definition) is 1. The van der Waals surface area contributed by atoms with Crippen LogP contribution in [0.5, 0.6) is 5.75 Å². The summed E-state index contributed by atoms with van der Waals surface area (Å²) >= 11 is 0. The summed E-state index contributed by atoms with van der Waals surface area (Å²) in [6.07, 6.45) is 10.5. The molecule has 4 rings (SSSR count). The van der Waals surface area contributed by atoms with E-state index >= 15 is 0 Å². The van der Waals surface area contributed by atoms with E-state index in [0.29, 0.717) is 17.5 Å². The van der Waals surface area contributed by atoms with Crippen LogP contribution >= 0.6 is 0 Å². The molecule has 4 nitrogen and oxygen atoms in total. The molecule has 2 atom stereocenters. The molecule has 0 amide bonds. The Hall–Kier alpha value is -3.11. The second-order valence-corrected chi connectivity index (χ2v) is 7.75. The summed E-state index contributed by atoms with van der Waals surface area (Å²) in [4.78, 5) is 5.89. The van der Waals surface area contributed by atoms with Crippen molar-refractivity contribution in [2.45, 2.75) is 24.7 Å². The number of aryl methyl sites for hydroxylation is 1. The molecular weight excluding hydrogens is 372 g/mol. The molecule has 0 saturated carbocycles. The number of aliphatic imine (C=N–C) groups is 1. The molecule has 1 aliphatic heterocycles. The predicted octanol–water partition coefficient (Wildman–Crippen LogP) is 4.80. The first-order valence-electron chi connectivity index (χ1n) is 10.4. The lowest BCUT2D eigenvalue weighted by Crippen LogP contribution is -2.23. The molecule has 4 heteroatoms. The van der Waals surface area contributed by atoms with Crippen molar-refractivity contribution >= 4 is 6.72 Å². The number of ether oxygens (including phenoxy) is 1. The molecule has 1 aliphatic carbocycles. The van der Waals surface area contributed by atoms with E-state index in [9.17, 15) is 5.11 Å². The van der Waals surface area contributed by atoms with E-state index < -0.39 is 0 Å². The molecular formula is C26H28N2O2. The molecule has 154 valence electrons. The van der Waals surface area contributed by atoms with Gasteiger partial charge in [0, 0.05) is 24.9 Å². The Morgan fingerprint density at radius 1 is 1.27 bits per heavy atom. The molecule has 2 aromatic rings. The van der Waals surface area contributed by atoms with Gasteiger partial charge in [-0.25, -0.2) is 0 Å². The normalized spacial score (nSPS) is 21.1. The standard InChI is InChI=1S/C26H28N2O2/c1-27-22(18-29)17-28-14-12-20(13-15-28)26-24(19-6-4-3-5-7-19)10-8-21-16-23(30-2)9-11-25(21)26/h3-7,9,11-14,16-17,24,26,29H,1,8,10,15,18H2,2H3/b22-17-. The van der Waals surface area contributed by atoms with Crippen LogP contribution in [0.15, 0.2) is 89.3 Å². The van der Waals surface area contributed by atoms with E-state index in [2.05, 4.69) is 78.6 Å². The minimum atomic E-state index is -0.113. The second-order valence-electron chi connectivity index (χ2n) is 7.75. The summed E-state index contributed by atoms with van der Waals surface area (Å²) in [6.45, 7) is 4.15. The number of aliphatic hydroxyl groups excluding tert-OH is 1. The van der Waals surface area contributed by atoms with Gasteiger partial charge in [0.25, 0.3) is 0 Å². The maximum atomic E-state index is 9.35. The Labute approximate surface area is 178 Å². The first-order chi connectivity index (χ1) is 14.7. The summed E-state index contributed by atoms with van der Waals surface area (Å²) in [5.74, 6) is 1.66. The van der Waals surface area contributed by atoms with Gasteiger partial charge in [-0.1, -0.05) is 42.5 Å². The van der Waals surface area contributed by atoms with Crippen molar-refractivity contribution in [3.8, 4) is 5.75 Å². The molecule has 2 unspecified atom stereocenters. The Morgan fingerprint density at radius 2 is 2.10 bits per heavy atom. The molecule has 0 aromatic heterocycles. The summed E-state index contributed by atoms with van der Waals surface area (Å²) in [7, 11) is 1.72. The highest BCUT2D eigenvalue weighted by molar-refractivity contribution is 5.49. The fourth-order valence-corrected chi connectivity index (χ4v) is 4.57. The predicted molar refractivity (Wildman–Crippen MR) is 122 cm³/mol. The Bertz CT molecular complexity index is 991. The molecule has 0 radical (unpaired) electrons. The molecule has 0 saturated heterocycles. The van der Waals surface area contributed by atoms with Gasteiger partial charge in [-0.3, -0.25) is 4.99 Å². The van der Waals surface area contributed by atoms with Gasteiger partial charge in [0.15, 0.2) is 0 Å². The number of aliphatic hydroxyl groups is 1. The number of methoxy groups -OCH3 is 1.